The predicted molar refractivity (Wildman–Crippen MR) is 148 cm³/mol. The minimum Gasteiger partial charge on any atom is -0.481 e. The fourth-order valence-corrected chi connectivity index (χ4v) is 5.26. The second-order valence-electron chi connectivity index (χ2n) is 9.83. The van der Waals surface area contributed by atoms with Crippen LogP contribution in [0.1, 0.15) is 44.1 Å². The van der Waals surface area contributed by atoms with Crippen LogP contribution in [0, 0.1) is 0 Å². The van der Waals surface area contributed by atoms with Crippen molar-refractivity contribution in [3.05, 3.63) is 75.5 Å². The number of carboxylic acids is 1. The van der Waals surface area contributed by atoms with Crippen molar-refractivity contribution in [2.45, 2.75) is 58.3 Å². The van der Waals surface area contributed by atoms with E-state index < -0.39 is 59.2 Å². The summed E-state index contributed by atoms with van der Waals surface area (Å²) in [5.41, 5.74) is -0.0515. The maximum Gasteiger partial charge on any atom is 0.425 e. The number of Topliss-reactive ketones (excluding diaryl/α,β-unsaturated/α-hetero) is 1. The molecule has 220 valence electrons. The molecule has 3 rings (SSSR count). The van der Waals surface area contributed by atoms with Crippen LogP contribution in [0.3, 0.4) is 0 Å². The van der Waals surface area contributed by atoms with Crippen molar-refractivity contribution in [2.75, 3.05) is 0 Å². The van der Waals surface area contributed by atoms with Crippen LogP contribution < -0.4 is 4.72 Å². The molecule has 2 aromatic carbocycles. The fourth-order valence-electron chi connectivity index (χ4n) is 3.47. The van der Waals surface area contributed by atoms with E-state index in [-0.39, 0.29) is 12.2 Å². The van der Waals surface area contributed by atoms with E-state index in [0.717, 1.165) is 4.80 Å². The van der Waals surface area contributed by atoms with Crippen molar-refractivity contribution in [1.29, 1.82) is 0 Å². The summed E-state index contributed by atoms with van der Waals surface area (Å²) in [6, 6.07) is 11.4. The number of rotatable bonds is 12. The standard InChI is InChI=1S/C25H28Cl2N6O7S/c1-25(2,3)40-24(37)32(14-16-8-5-4-6-9-16)41(38,39)30-20(13-23(35)36)21(34)15-33-29-22(28-31-33)12-17-18(26)10-7-11-19(17)27/h4-11,20,30H,12-15H2,1-3H3,(H,35,36). The molecule has 0 saturated carbocycles. The van der Waals surface area contributed by atoms with Crippen LogP contribution >= 0.6 is 23.2 Å². The molecular formula is C25H28Cl2N6O7S. The van der Waals surface area contributed by atoms with E-state index in [1.165, 1.54) is 0 Å². The number of nitrogens with zero attached hydrogens (tertiary/aromatic N) is 5. The van der Waals surface area contributed by atoms with Crippen molar-refractivity contribution in [3.63, 3.8) is 0 Å². The zero-order valence-corrected chi connectivity index (χ0v) is 24.6. The Kier molecular flexibility index (Phi) is 10.4. The Balaban J connectivity index is 1.81. The summed E-state index contributed by atoms with van der Waals surface area (Å²) in [7, 11) is -4.79. The number of carboxylic acid groups (broad SMARTS) is 1. The van der Waals surface area contributed by atoms with E-state index >= 15 is 0 Å². The molecule has 0 aliphatic rings. The molecule has 0 aliphatic heterocycles. The van der Waals surface area contributed by atoms with Gasteiger partial charge in [0.25, 0.3) is 0 Å². The number of tetrazole rings is 1. The molecule has 1 unspecified atom stereocenters. The Morgan fingerprint density at radius 1 is 1.07 bits per heavy atom. The van der Waals surface area contributed by atoms with Crippen LogP contribution in [0.2, 0.25) is 10.0 Å². The second-order valence-corrected chi connectivity index (χ2v) is 12.3. The van der Waals surface area contributed by atoms with Gasteiger partial charge >= 0.3 is 22.3 Å². The second kappa shape index (κ2) is 13.4. The molecule has 0 bridgehead atoms. The molecule has 16 heteroatoms. The van der Waals surface area contributed by atoms with Crippen molar-refractivity contribution in [3.8, 4) is 0 Å². The van der Waals surface area contributed by atoms with Gasteiger partial charge in [0.05, 0.1) is 19.0 Å². The van der Waals surface area contributed by atoms with Gasteiger partial charge in [-0.25, -0.2) is 4.79 Å². The first-order valence-electron chi connectivity index (χ1n) is 12.2. The summed E-state index contributed by atoms with van der Waals surface area (Å²) < 4.78 is 34.4. The quantitative estimate of drug-likeness (QED) is 0.303. The molecule has 1 amide bonds. The van der Waals surface area contributed by atoms with E-state index in [2.05, 4.69) is 15.4 Å². The van der Waals surface area contributed by atoms with Crippen LogP contribution in [-0.2, 0) is 44.0 Å². The minimum atomic E-state index is -4.79. The van der Waals surface area contributed by atoms with E-state index in [9.17, 15) is 27.9 Å². The van der Waals surface area contributed by atoms with E-state index in [0.29, 0.717) is 25.5 Å². The van der Waals surface area contributed by atoms with E-state index in [4.69, 9.17) is 27.9 Å². The van der Waals surface area contributed by atoms with Gasteiger partial charge in [-0.2, -0.15) is 22.2 Å². The molecule has 0 aliphatic carbocycles. The number of hydrogen-bond donors (Lipinski definition) is 2. The van der Waals surface area contributed by atoms with Crippen LogP contribution in [0.4, 0.5) is 4.79 Å². The van der Waals surface area contributed by atoms with Gasteiger partial charge < -0.3 is 9.84 Å². The van der Waals surface area contributed by atoms with Crippen molar-refractivity contribution < 1.29 is 32.6 Å². The highest BCUT2D eigenvalue weighted by molar-refractivity contribution is 7.87. The average Bonchev–Trinajstić information content (AvgIpc) is 3.30. The van der Waals surface area contributed by atoms with Gasteiger partial charge in [0, 0.05) is 16.5 Å². The number of ketones is 1. The lowest BCUT2D eigenvalue weighted by atomic mass is 10.1. The number of carbonyl (C=O) groups is 3. The number of amides is 1. The van der Waals surface area contributed by atoms with E-state index in [1.807, 2.05) is 4.72 Å². The first-order valence-corrected chi connectivity index (χ1v) is 14.3. The number of aliphatic carboxylic acids is 1. The first kappa shape index (κ1) is 31.9. The number of aromatic nitrogens is 4. The molecular weight excluding hydrogens is 599 g/mol. The highest BCUT2D eigenvalue weighted by Crippen LogP contribution is 2.25. The molecule has 2 N–H and O–H groups in total. The number of nitrogens with one attached hydrogen (secondary N) is 1. The minimum absolute atomic E-state index is 0.0994. The number of benzene rings is 2. The third kappa shape index (κ3) is 9.49. The maximum atomic E-state index is 13.4. The Hall–Kier alpha value is -3.59. The predicted octanol–water partition coefficient (Wildman–Crippen LogP) is 3.25. The Morgan fingerprint density at radius 2 is 1.71 bits per heavy atom. The molecule has 3 aromatic rings. The summed E-state index contributed by atoms with van der Waals surface area (Å²) in [6.45, 7) is 3.62. The molecule has 41 heavy (non-hydrogen) atoms. The van der Waals surface area contributed by atoms with Gasteiger partial charge in [-0.15, -0.1) is 10.2 Å². The van der Waals surface area contributed by atoms with Crippen LogP contribution in [0.5, 0.6) is 0 Å². The summed E-state index contributed by atoms with van der Waals surface area (Å²) in [6.07, 6.45) is -2.03. The smallest absolute Gasteiger partial charge is 0.425 e. The molecule has 0 radical (unpaired) electrons. The lowest BCUT2D eigenvalue weighted by Crippen LogP contribution is -2.52. The van der Waals surface area contributed by atoms with Crippen molar-refractivity contribution in [2.24, 2.45) is 0 Å². The molecule has 13 nitrogen and oxygen atoms in total. The first-order chi connectivity index (χ1) is 19.1. The zero-order valence-electron chi connectivity index (χ0n) is 22.3. The molecule has 0 saturated heterocycles. The van der Waals surface area contributed by atoms with Gasteiger partial charge in [0.2, 0.25) is 0 Å². The zero-order chi connectivity index (χ0) is 30.4. The molecule has 1 aromatic heterocycles. The lowest BCUT2D eigenvalue weighted by Gasteiger charge is -2.28. The average molecular weight is 628 g/mol. The molecule has 0 spiro atoms. The SMILES string of the molecule is CC(C)(C)OC(=O)N(Cc1ccccc1)S(=O)(=O)NC(CC(=O)O)C(=O)Cn1nnc(Cc2c(Cl)cccc2Cl)n1. The monoisotopic (exact) mass is 626 g/mol. The van der Waals surface area contributed by atoms with Gasteiger partial charge in [0.1, 0.15) is 12.1 Å². The molecule has 1 atom stereocenters. The van der Waals surface area contributed by atoms with E-state index in [1.54, 1.807) is 69.3 Å². The Labute approximate surface area is 246 Å². The van der Waals surface area contributed by atoms with Gasteiger partial charge in [-0.05, 0) is 49.2 Å². The lowest BCUT2D eigenvalue weighted by molar-refractivity contribution is -0.139. The Bertz CT molecular complexity index is 1490. The van der Waals surface area contributed by atoms with Crippen LogP contribution in [0.15, 0.2) is 48.5 Å². The molecule has 0 fully saturated rings. The highest BCUT2D eigenvalue weighted by atomic mass is 35.5. The van der Waals surface area contributed by atoms with Gasteiger partial charge in [-0.1, -0.05) is 59.6 Å². The third-order valence-electron chi connectivity index (χ3n) is 5.30. The largest absolute Gasteiger partial charge is 0.481 e. The Morgan fingerprint density at radius 3 is 2.29 bits per heavy atom. The molecule has 1 heterocycles. The summed E-state index contributed by atoms with van der Waals surface area (Å²) in [5.74, 6) is -2.18. The van der Waals surface area contributed by atoms with Crippen molar-refractivity contribution >= 4 is 51.3 Å². The fraction of sp³-hybridized carbons (Fsp3) is 0.360. The number of hydrogen-bond acceptors (Lipinski definition) is 9. The normalized spacial score (nSPS) is 12.5. The third-order valence-corrected chi connectivity index (χ3v) is 7.45. The number of ether oxygens (including phenoxy) is 1. The van der Waals surface area contributed by atoms with Gasteiger partial charge in [-0.3, -0.25) is 9.59 Å². The van der Waals surface area contributed by atoms with Gasteiger partial charge in [0.15, 0.2) is 11.6 Å². The summed E-state index contributed by atoms with van der Waals surface area (Å²) in [5, 5.41) is 21.9. The number of carbonyl (C=O) groups excluding carboxylic acids is 2. The maximum absolute atomic E-state index is 13.4. The van der Waals surface area contributed by atoms with Crippen molar-refractivity contribution in [1.82, 2.24) is 29.2 Å². The highest BCUT2D eigenvalue weighted by Gasteiger charge is 2.36. The van der Waals surface area contributed by atoms with Crippen LogP contribution in [-0.4, -0.2) is 67.5 Å². The topological polar surface area (TPSA) is 174 Å². The number of halogens is 2. The summed E-state index contributed by atoms with van der Waals surface area (Å²) >= 11 is 12.4. The van der Waals surface area contributed by atoms with Crippen LogP contribution in [0.25, 0.3) is 0 Å². The summed E-state index contributed by atoms with van der Waals surface area (Å²) in [4.78, 5) is 38.4.